The molecule has 10 heteroatoms. The second-order valence-electron chi connectivity index (χ2n) is 11.3. The molecular formula is C32H33FN4O4S. The second kappa shape index (κ2) is 12.1. The van der Waals surface area contributed by atoms with E-state index in [2.05, 4.69) is 9.97 Å². The number of hydrogen-bond acceptors (Lipinski definition) is 6. The number of halogens is 1. The third-order valence-corrected chi connectivity index (χ3v) is 9.63. The first-order valence-electron chi connectivity index (χ1n) is 14.6. The number of nitrogens with zero attached hydrogens (tertiary/aromatic N) is 4. The number of aliphatic carboxylic acids is 1. The molecule has 0 bridgehead atoms. The van der Waals surface area contributed by atoms with Crippen molar-refractivity contribution in [1.82, 2.24) is 9.97 Å². The molecule has 1 saturated heterocycles. The van der Waals surface area contributed by atoms with Gasteiger partial charge in [-0.15, -0.1) is 0 Å². The molecule has 2 aliphatic heterocycles. The normalized spacial score (nSPS) is 21.6. The first-order chi connectivity index (χ1) is 20.4. The van der Waals surface area contributed by atoms with E-state index < -0.39 is 17.0 Å². The Morgan fingerprint density at radius 3 is 2.50 bits per heavy atom. The predicted molar refractivity (Wildman–Crippen MR) is 160 cm³/mol. The van der Waals surface area contributed by atoms with Crippen LogP contribution in [0.4, 0.5) is 15.3 Å². The number of amides is 2. The topological polar surface area (TPSA) is 104 Å². The minimum Gasteiger partial charge on any atom is -0.481 e. The van der Waals surface area contributed by atoms with Gasteiger partial charge in [-0.1, -0.05) is 73.4 Å². The first-order valence-corrected chi connectivity index (χ1v) is 15.4. The minimum absolute atomic E-state index is 0.0569. The molecule has 3 aliphatic rings. The van der Waals surface area contributed by atoms with Crippen LogP contribution >= 0.6 is 11.3 Å². The van der Waals surface area contributed by atoms with Crippen LogP contribution in [0, 0.1) is 22.9 Å². The van der Waals surface area contributed by atoms with Gasteiger partial charge >= 0.3 is 5.97 Å². The zero-order valence-corrected chi connectivity index (χ0v) is 24.1. The van der Waals surface area contributed by atoms with E-state index >= 15 is 4.39 Å². The van der Waals surface area contributed by atoms with Gasteiger partial charge in [0.2, 0.25) is 16.9 Å². The smallest absolute Gasteiger partial charge is 0.304 e. The van der Waals surface area contributed by atoms with Crippen molar-refractivity contribution in [3.63, 3.8) is 0 Å². The maximum atomic E-state index is 15.6. The molecule has 2 amide bonds. The number of carboxylic acids is 1. The van der Waals surface area contributed by atoms with Crippen molar-refractivity contribution in [3.8, 4) is 22.4 Å². The lowest BCUT2D eigenvalue weighted by Crippen LogP contribution is -2.43. The molecule has 0 radical (unpaired) electrons. The summed E-state index contributed by atoms with van der Waals surface area (Å²) in [5, 5.41) is 9.40. The Morgan fingerprint density at radius 1 is 1.02 bits per heavy atom. The molecule has 218 valence electrons. The number of rotatable bonds is 7. The number of anilines is 2. The van der Waals surface area contributed by atoms with E-state index in [1.54, 1.807) is 29.3 Å². The Kier molecular flexibility index (Phi) is 8.15. The minimum atomic E-state index is -1.01. The summed E-state index contributed by atoms with van der Waals surface area (Å²) < 4.78 is 15.6. The standard InChI is InChI=1S/C32H33FN4O4S/c33-30-29(24-12-4-3-10-23(24)21-14-15-26(34-19-21)36-17-7-13-27(36)38)35-32(42-30)37-16-6-5-11-22(20-8-1-2-9-20)25(31(37)41)18-28(39)40/h3-6,10,12,14-15,19-20,22,25H,1-2,7-9,11,13,16-18H2,(H,39,40)/t22-,25+/m1/s1. The highest BCUT2D eigenvalue weighted by Crippen LogP contribution is 2.42. The number of allylic oxidation sites excluding steroid dienone is 1. The number of carbonyl (C=O) groups excluding carboxylic acids is 2. The molecule has 2 aromatic heterocycles. The van der Waals surface area contributed by atoms with E-state index in [9.17, 15) is 19.5 Å². The Morgan fingerprint density at radius 2 is 1.81 bits per heavy atom. The molecule has 0 unspecified atom stereocenters. The van der Waals surface area contributed by atoms with Crippen molar-refractivity contribution >= 4 is 40.1 Å². The van der Waals surface area contributed by atoms with Crippen LogP contribution in [0.25, 0.3) is 22.4 Å². The molecule has 2 atom stereocenters. The molecule has 1 N–H and O–H groups in total. The molecule has 1 aromatic carbocycles. The van der Waals surface area contributed by atoms with Crippen LogP contribution in [0.2, 0.25) is 0 Å². The van der Waals surface area contributed by atoms with Crippen molar-refractivity contribution < 1.29 is 23.9 Å². The van der Waals surface area contributed by atoms with Gasteiger partial charge in [0, 0.05) is 36.8 Å². The van der Waals surface area contributed by atoms with Gasteiger partial charge in [0.15, 0.2) is 5.13 Å². The summed E-state index contributed by atoms with van der Waals surface area (Å²) in [5.74, 6) is -1.10. The van der Waals surface area contributed by atoms with Crippen LogP contribution in [0.3, 0.4) is 0 Å². The van der Waals surface area contributed by atoms with Crippen molar-refractivity contribution in [2.75, 3.05) is 22.9 Å². The maximum Gasteiger partial charge on any atom is 0.304 e. The summed E-state index contributed by atoms with van der Waals surface area (Å²) in [6.45, 7) is 0.856. The zero-order chi connectivity index (χ0) is 29.2. The first kappa shape index (κ1) is 28.2. The maximum absolute atomic E-state index is 15.6. The lowest BCUT2D eigenvalue weighted by molar-refractivity contribution is -0.142. The molecule has 1 saturated carbocycles. The molecular weight excluding hydrogens is 555 g/mol. The van der Waals surface area contributed by atoms with Crippen LogP contribution < -0.4 is 9.80 Å². The van der Waals surface area contributed by atoms with Crippen molar-refractivity contribution in [1.29, 1.82) is 0 Å². The molecule has 0 spiro atoms. The highest BCUT2D eigenvalue weighted by molar-refractivity contribution is 7.14. The monoisotopic (exact) mass is 588 g/mol. The number of carbonyl (C=O) groups is 3. The van der Waals surface area contributed by atoms with Gasteiger partial charge in [0.25, 0.3) is 0 Å². The Labute approximate surface area is 247 Å². The fraction of sp³-hybridized carbons (Fsp3) is 0.406. The SMILES string of the molecule is O=C(O)C[C@@H]1C(=O)N(c2nc(-c3ccccc3-c3ccc(N4CCCC4=O)nc3)c(F)s2)CC=CC[C@@H]1C1CCCC1. The predicted octanol–water partition coefficient (Wildman–Crippen LogP) is 6.33. The lowest BCUT2D eigenvalue weighted by Gasteiger charge is -2.34. The average Bonchev–Trinajstić information content (AvgIpc) is 3.75. The van der Waals surface area contributed by atoms with Gasteiger partial charge in [-0.2, -0.15) is 4.39 Å². The quantitative estimate of drug-likeness (QED) is 0.324. The van der Waals surface area contributed by atoms with Crippen LogP contribution in [-0.2, 0) is 14.4 Å². The Balaban J connectivity index is 1.32. The van der Waals surface area contributed by atoms with Gasteiger partial charge in [-0.3, -0.25) is 24.2 Å². The van der Waals surface area contributed by atoms with Crippen molar-refractivity contribution in [2.45, 2.75) is 51.4 Å². The molecule has 8 nitrogen and oxygen atoms in total. The van der Waals surface area contributed by atoms with E-state index in [4.69, 9.17) is 0 Å². The molecule has 4 heterocycles. The third-order valence-electron chi connectivity index (χ3n) is 8.76. The molecule has 2 fully saturated rings. The van der Waals surface area contributed by atoms with Crippen LogP contribution in [-0.4, -0.2) is 45.9 Å². The molecule has 42 heavy (non-hydrogen) atoms. The van der Waals surface area contributed by atoms with Crippen LogP contribution in [0.15, 0.2) is 54.7 Å². The highest BCUT2D eigenvalue weighted by atomic mass is 32.1. The summed E-state index contributed by atoms with van der Waals surface area (Å²) in [4.78, 5) is 50.2. The van der Waals surface area contributed by atoms with Gasteiger partial charge in [0.1, 0.15) is 11.5 Å². The van der Waals surface area contributed by atoms with E-state index in [-0.39, 0.29) is 41.5 Å². The van der Waals surface area contributed by atoms with Crippen LogP contribution in [0.1, 0.15) is 51.4 Å². The van der Waals surface area contributed by atoms with Crippen molar-refractivity contribution in [3.05, 3.63) is 59.9 Å². The number of thiazole rings is 1. The van der Waals surface area contributed by atoms with Gasteiger partial charge < -0.3 is 5.11 Å². The number of benzene rings is 1. The average molecular weight is 589 g/mol. The van der Waals surface area contributed by atoms with Gasteiger partial charge in [-0.05, 0) is 42.4 Å². The number of hydrogen-bond donors (Lipinski definition) is 1. The lowest BCUT2D eigenvalue weighted by atomic mass is 9.75. The Bertz CT molecular complexity index is 1510. The van der Waals surface area contributed by atoms with E-state index in [1.807, 2.05) is 30.4 Å². The zero-order valence-electron chi connectivity index (χ0n) is 23.2. The van der Waals surface area contributed by atoms with Gasteiger partial charge in [0.05, 0.1) is 12.3 Å². The molecule has 6 rings (SSSR count). The summed E-state index contributed by atoms with van der Waals surface area (Å²) in [5.41, 5.74) is 2.17. The summed E-state index contributed by atoms with van der Waals surface area (Å²) in [7, 11) is 0. The van der Waals surface area contributed by atoms with E-state index in [0.717, 1.165) is 54.6 Å². The number of aromatic nitrogens is 2. The largest absolute Gasteiger partial charge is 0.481 e. The third kappa shape index (κ3) is 5.60. The molecule has 3 aromatic rings. The fourth-order valence-electron chi connectivity index (χ4n) is 6.69. The number of carboxylic acid groups (broad SMARTS) is 1. The summed E-state index contributed by atoms with van der Waals surface area (Å²) >= 11 is 0.800. The summed E-state index contributed by atoms with van der Waals surface area (Å²) in [6, 6.07) is 11.0. The molecule has 1 aliphatic carbocycles. The van der Waals surface area contributed by atoms with Gasteiger partial charge in [-0.25, -0.2) is 9.97 Å². The van der Waals surface area contributed by atoms with Crippen LogP contribution in [0.5, 0.6) is 0 Å². The Hall–Kier alpha value is -3.92. The van der Waals surface area contributed by atoms with E-state index in [0.29, 0.717) is 36.7 Å². The highest BCUT2D eigenvalue weighted by Gasteiger charge is 2.40. The second-order valence-corrected chi connectivity index (χ2v) is 12.2. The fourth-order valence-corrected chi connectivity index (χ4v) is 7.51. The summed E-state index contributed by atoms with van der Waals surface area (Å²) in [6.07, 6.45) is 11.6. The van der Waals surface area contributed by atoms with E-state index in [1.165, 1.54) is 4.90 Å². The van der Waals surface area contributed by atoms with Crippen molar-refractivity contribution in [2.24, 2.45) is 17.8 Å². The number of pyridine rings is 1.